The zero-order valence-electron chi connectivity index (χ0n) is 17.2. The molecular formula is C22H23N3O4S. The highest BCUT2D eigenvalue weighted by atomic mass is 32.1. The van der Waals surface area contributed by atoms with E-state index in [0.717, 1.165) is 16.9 Å². The maximum absolute atomic E-state index is 13.5. The molecule has 30 heavy (non-hydrogen) atoms. The van der Waals surface area contributed by atoms with Crippen molar-refractivity contribution in [2.24, 2.45) is 0 Å². The van der Waals surface area contributed by atoms with Gasteiger partial charge in [0.15, 0.2) is 5.78 Å². The van der Waals surface area contributed by atoms with Crippen molar-refractivity contribution in [3.05, 3.63) is 61.1 Å². The Morgan fingerprint density at radius 3 is 2.60 bits per heavy atom. The third-order valence-corrected chi connectivity index (χ3v) is 6.77. The van der Waals surface area contributed by atoms with Gasteiger partial charge in [0.05, 0.1) is 17.6 Å². The highest BCUT2D eigenvalue weighted by Gasteiger charge is 2.27. The Labute approximate surface area is 177 Å². The van der Waals surface area contributed by atoms with E-state index in [1.807, 2.05) is 6.92 Å². The Kier molecular flexibility index (Phi) is 5.19. The third kappa shape index (κ3) is 3.21. The van der Waals surface area contributed by atoms with Gasteiger partial charge in [-0.25, -0.2) is 9.36 Å². The smallest absolute Gasteiger partial charge is 0.336 e. The van der Waals surface area contributed by atoms with Crippen LogP contribution in [-0.4, -0.2) is 32.3 Å². The largest absolute Gasteiger partial charge is 0.337 e. The number of nitrogens with zero attached hydrogens (tertiary/aromatic N) is 3. The maximum atomic E-state index is 13.5. The van der Waals surface area contributed by atoms with E-state index in [0.29, 0.717) is 47.5 Å². The Hall–Kier alpha value is -3.00. The minimum Gasteiger partial charge on any atom is -0.337 e. The summed E-state index contributed by atoms with van der Waals surface area (Å²) < 4.78 is 2.83. The second-order valence-electron chi connectivity index (χ2n) is 7.56. The number of thiophene rings is 1. The molecule has 0 radical (unpaired) electrons. The lowest BCUT2D eigenvalue weighted by Crippen LogP contribution is -2.39. The molecule has 2 aromatic heterocycles. The first-order valence-corrected chi connectivity index (χ1v) is 10.8. The summed E-state index contributed by atoms with van der Waals surface area (Å²) in [5.41, 5.74) is 1.00. The average Bonchev–Trinajstić information content (AvgIpc) is 3.10. The number of amides is 1. The zero-order valence-corrected chi connectivity index (χ0v) is 18.0. The van der Waals surface area contributed by atoms with E-state index in [4.69, 9.17) is 0 Å². The Morgan fingerprint density at radius 1 is 1.17 bits per heavy atom. The normalized spacial score (nSPS) is 13.5. The molecule has 1 amide bonds. The summed E-state index contributed by atoms with van der Waals surface area (Å²) >= 11 is 1.43. The molecule has 0 aliphatic carbocycles. The molecular weight excluding hydrogens is 402 g/mol. The fourth-order valence-corrected chi connectivity index (χ4v) is 5.36. The van der Waals surface area contributed by atoms with Crippen molar-refractivity contribution in [2.45, 2.75) is 46.7 Å². The fourth-order valence-electron chi connectivity index (χ4n) is 3.99. The quantitative estimate of drug-likeness (QED) is 0.602. The lowest BCUT2D eigenvalue weighted by atomic mass is 10.1. The van der Waals surface area contributed by atoms with Gasteiger partial charge in [-0.3, -0.25) is 19.0 Å². The number of Topliss-reactive ketones (excluding diaryl/α,β-unsaturated/α-hetero) is 1. The van der Waals surface area contributed by atoms with Crippen LogP contribution in [0.25, 0.3) is 15.9 Å². The second-order valence-corrected chi connectivity index (χ2v) is 8.64. The lowest BCUT2D eigenvalue weighted by molar-refractivity contribution is -0.129. The van der Waals surface area contributed by atoms with Crippen molar-refractivity contribution in [3.8, 4) is 5.69 Å². The maximum Gasteiger partial charge on any atom is 0.336 e. The molecule has 3 aromatic rings. The van der Waals surface area contributed by atoms with Crippen LogP contribution in [0.4, 0.5) is 0 Å². The van der Waals surface area contributed by atoms with Crippen LogP contribution in [-0.2, 0) is 24.3 Å². The van der Waals surface area contributed by atoms with Crippen LogP contribution in [0.2, 0.25) is 0 Å². The van der Waals surface area contributed by atoms with E-state index in [9.17, 15) is 19.2 Å². The minimum atomic E-state index is -0.405. The summed E-state index contributed by atoms with van der Waals surface area (Å²) in [7, 11) is 0. The monoisotopic (exact) mass is 425 g/mol. The molecule has 3 heterocycles. The van der Waals surface area contributed by atoms with Gasteiger partial charge in [0.2, 0.25) is 5.91 Å². The zero-order chi connectivity index (χ0) is 21.6. The van der Waals surface area contributed by atoms with Gasteiger partial charge in [0.25, 0.3) is 5.56 Å². The SMILES string of the molecule is CCCn1c(=O)n(-c2cccc(C(C)=O)c2)c(=O)c2c3c(sc21)CN(C(C)=O)CC3. The molecule has 8 heteroatoms. The number of rotatable bonds is 4. The van der Waals surface area contributed by atoms with Gasteiger partial charge in [-0.15, -0.1) is 11.3 Å². The third-order valence-electron chi connectivity index (χ3n) is 5.53. The number of aromatic nitrogens is 2. The van der Waals surface area contributed by atoms with Gasteiger partial charge in [0.1, 0.15) is 4.83 Å². The van der Waals surface area contributed by atoms with Crippen LogP contribution < -0.4 is 11.2 Å². The Morgan fingerprint density at radius 2 is 1.93 bits per heavy atom. The minimum absolute atomic E-state index is 0.00233. The summed E-state index contributed by atoms with van der Waals surface area (Å²) in [4.78, 5) is 53.9. The highest BCUT2D eigenvalue weighted by Crippen LogP contribution is 2.33. The van der Waals surface area contributed by atoms with Gasteiger partial charge in [-0.1, -0.05) is 19.1 Å². The second kappa shape index (κ2) is 7.68. The van der Waals surface area contributed by atoms with Crippen LogP contribution in [0, 0.1) is 0 Å². The molecule has 0 unspecified atom stereocenters. The van der Waals surface area contributed by atoms with Crippen LogP contribution in [0.1, 0.15) is 48.0 Å². The predicted molar refractivity (Wildman–Crippen MR) is 117 cm³/mol. The van der Waals surface area contributed by atoms with E-state index >= 15 is 0 Å². The number of ketones is 1. The number of aryl methyl sites for hydroxylation is 1. The van der Waals surface area contributed by atoms with Gasteiger partial charge in [-0.2, -0.15) is 0 Å². The molecule has 0 N–H and O–H groups in total. The molecule has 0 fully saturated rings. The number of fused-ring (bicyclic) bond motifs is 3. The molecule has 1 aromatic carbocycles. The number of carbonyl (C=O) groups is 2. The number of benzene rings is 1. The van der Waals surface area contributed by atoms with Crippen molar-refractivity contribution < 1.29 is 9.59 Å². The van der Waals surface area contributed by atoms with E-state index in [1.165, 1.54) is 22.8 Å². The molecule has 0 atom stereocenters. The van der Waals surface area contributed by atoms with E-state index in [1.54, 1.807) is 40.7 Å². The first-order valence-electron chi connectivity index (χ1n) is 10.0. The fraction of sp³-hybridized carbons (Fsp3) is 0.364. The van der Waals surface area contributed by atoms with Crippen molar-refractivity contribution in [2.75, 3.05) is 6.54 Å². The molecule has 7 nitrogen and oxygen atoms in total. The molecule has 0 saturated heterocycles. The molecule has 1 aliphatic rings. The number of hydrogen-bond acceptors (Lipinski definition) is 5. The van der Waals surface area contributed by atoms with Crippen LogP contribution in [0.15, 0.2) is 33.9 Å². The van der Waals surface area contributed by atoms with E-state index < -0.39 is 5.69 Å². The highest BCUT2D eigenvalue weighted by molar-refractivity contribution is 7.18. The summed E-state index contributed by atoms with van der Waals surface area (Å²) in [5.74, 6) is -0.125. The standard InChI is InChI=1S/C22H23N3O4S/c1-4-9-24-21-19(17-8-10-23(14(3)27)12-18(17)30-21)20(28)25(22(24)29)16-7-5-6-15(11-16)13(2)26/h5-7,11H,4,8-10,12H2,1-3H3. The number of hydrogen-bond donors (Lipinski definition) is 0. The van der Waals surface area contributed by atoms with Crippen molar-refractivity contribution >= 4 is 33.2 Å². The molecule has 156 valence electrons. The average molecular weight is 426 g/mol. The van der Waals surface area contributed by atoms with E-state index in [-0.39, 0.29) is 17.2 Å². The van der Waals surface area contributed by atoms with Gasteiger partial charge in [0, 0.05) is 30.5 Å². The number of carbonyl (C=O) groups excluding carboxylic acids is 2. The van der Waals surface area contributed by atoms with Gasteiger partial charge in [-0.05, 0) is 37.5 Å². The molecule has 0 bridgehead atoms. The first-order chi connectivity index (χ1) is 14.3. The summed E-state index contributed by atoms with van der Waals surface area (Å²) in [6.45, 7) is 6.48. The van der Waals surface area contributed by atoms with E-state index in [2.05, 4.69) is 0 Å². The summed E-state index contributed by atoms with van der Waals surface area (Å²) in [6.07, 6.45) is 1.32. The van der Waals surface area contributed by atoms with Crippen LogP contribution >= 0.6 is 11.3 Å². The van der Waals surface area contributed by atoms with Gasteiger partial charge >= 0.3 is 5.69 Å². The molecule has 0 saturated carbocycles. The first kappa shape index (κ1) is 20.3. The molecule has 4 rings (SSSR count). The van der Waals surface area contributed by atoms with Crippen molar-refractivity contribution in [1.29, 1.82) is 0 Å². The lowest BCUT2D eigenvalue weighted by Gasteiger charge is -2.25. The summed E-state index contributed by atoms with van der Waals surface area (Å²) in [5, 5.41) is 0.555. The molecule has 0 spiro atoms. The topological polar surface area (TPSA) is 81.4 Å². The Bertz CT molecular complexity index is 1300. The Balaban J connectivity index is 2.03. The molecule has 1 aliphatic heterocycles. The van der Waals surface area contributed by atoms with Crippen LogP contribution in [0.3, 0.4) is 0 Å². The predicted octanol–water partition coefficient (Wildman–Crippen LogP) is 2.73. The van der Waals surface area contributed by atoms with Crippen LogP contribution in [0.5, 0.6) is 0 Å². The van der Waals surface area contributed by atoms with Crippen molar-refractivity contribution in [1.82, 2.24) is 14.0 Å². The summed E-state index contributed by atoms with van der Waals surface area (Å²) in [6, 6.07) is 6.61. The van der Waals surface area contributed by atoms with Gasteiger partial charge < -0.3 is 4.90 Å². The van der Waals surface area contributed by atoms with Crippen molar-refractivity contribution in [3.63, 3.8) is 0 Å².